The summed E-state index contributed by atoms with van der Waals surface area (Å²) in [6.07, 6.45) is 0. The van der Waals surface area contributed by atoms with Gasteiger partial charge in [-0.2, -0.15) is 0 Å². The molecule has 1 N–H and O–H groups in total. The lowest BCUT2D eigenvalue weighted by Crippen LogP contribution is -1.84. The van der Waals surface area contributed by atoms with Gasteiger partial charge in [-0.1, -0.05) is 41.1 Å². The molecule has 0 aliphatic carbocycles. The molecule has 0 unspecified atom stereocenters. The Morgan fingerprint density at radius 3 is 2.67 bits per heavy atom. The Hall–Kier alpha value is -1.06. The second-order valence-corrected chi connectivity index (χ2v) is 4.57. The van der Waals surface area contributed by atoms with Gasteiger partial charge in [-0.05, 0) is 13.0 Å². The summed E-state index contributed by atoms with van der Waals surface area (Å²) in [6.45, 7) is 2.00. The SMILES string of the molecule is CNc1nc(C)c(-c2ccccc2Cl)s1. The maximum Gasteiger partial charge on any atom is 0.183 e. The molecule has 0 atom stereocenters. The van der Waals surface area contributed by atoms with Gasteiger partial charge in [0.25, 0.3) is 0 Å². The first-order chi connectivity index (χ1) is 7.22. The molecule has 1 aromatic heterocycles. The minimum atomic E-state index is 0.770. The van der Waals surface area contributed by atoms with E-state index in [1.807, 2.05) is 38.2 Å². The molecule has 2 rings (SSSR count). The summed E-state index contributed by atoms with van der Waals surface area (Å²) in [6, 6.07) is 7.83. The Morgan fingerprint density at radius 2 is 2.07 bits per heavy atom. The molecule has 1 heterocycles. The average molecular weight is 239 g/mol. The van der Waals surface area contributed by atoms with Crippen molar-refractivity contribution in [2.75, 3.05) is 12.4 Å². The molecule has 0 saturated carbocycles. The molecule has 0 saturated heterocycles. The van der Waals surface area contributed by atoms with E-state index in [0.29, 0.717) is 0 Å². The number of thiazole rings is 1. The normalized spacial score (nSPS) is 10.3. The molecule has 0 spiro atoms. The van der Waals surface area contributed by atoms with Gasteiger partial charge < -0.3 is 5.32 Å². The lowest BCUT2D eigenvalue weighted by Gasteiger charge is -2.00. The van der Waals surface area contributed by atoms with Gasteiger partial charge in [0.2, 0.25) is 0 Å². The van der Waals surface area contributed by atoms with E-state index >= 15 is 0 Å². The summed E-state index contributed by atoms with van der Waals surface area (Å²) in [4.78, 5) is 5.52. The average Bonchev–Trinajstić information content (AvgIpc) is 2.60. The standard InChI is InChI=1S/C11H11ClN2S/c1-7-10(15-11(13-2)14-7)8-5-3-4-6-9(8)12/h3-6H,1-2H3,(H,13,14). The number of anilines is 1. The van der Waals surface area contributed by atoms with Gasteiger partial charge in [-0.15, -0.1) is 0 Å². The maximum atomic E-state index is 6.14. The molecule has 2 aromatic rings. The zero-order chi connectivity index (χ0) is 10.8. The summed E-state index contributed by atoms with van der Waals surface area (Å²) in [5.41, 5.74) is 2.06. The number of aromatic nitrogens is 1. The Labute approximate surface area is 97.9 Å². The Morgan fingerprint density at radius 1 is 1.33 bits per heavy atom. The number of hydrogen-bond acceptors (Lipinski definition) is 3. The van der Waals surface area contributed by atoms with E-state index in [2.05, 4.69) is 10.3 Å². The molecule has 0 aliphatic rings. The fourth-order valence-electron chi connectivity index (χ4n) is 1.40. The number of aryl methyl sites for hydroxylation is 1. The van der Waals surface area contributed by atoms with E-state index in [-0.39, 0.29) is 0 Å². The molecule has 0 fully saturated rings. The van der Waals surface area contributed by atoms with Crippen molar-refractivity contribution in [3.05, 3.63) is 35.0 Å². The summed E-state index contributed by atoms with van der Waals surface area (Å²) in [5.74, 6) is 0. The van der Waals surface area contributed by atoms with Crippen LogP contribution in [0.1, 0.15) is 5.69 Å². The minimum Gasteiger partial charge on any atom is -0.365 e. The van der Waals surface area contributed by atoms with Crippen molar-refractivity contribution in [2.45, 2.75) is 6.92 Å². The molecular weight excluding hydrogens is 228 g/mol. The molecule has 0 bridgehead atoms. The van der Waals surface area contributed by atoms with Crippen LogP contribution >= 0.6 is 22.9 Å². The smallest absolute Gasteiger partial charge is 0.183 e. The van der Waals surface area contributed by atoms with Crippen molar-refractivity contribution in [2.24, 2.45) is 0 Å². The van der Waals surface area contributed by atoms with Crippen LogP contribution in [0.4, 0.5) is 5.13 Å². The molecule has 0 radical (unpaired) electrons. The highest BCUT2D eigenvalue weighted by Crippen LogP contribution is 2.36. The quantitative estimate of drug-likeness (QED) is 0.861. The van der Waals surface area contributed by atoms with Gasteiger partial charge in [0, 0.05) is 17.6 Å². The zero-order valence-corrected chi connectivity index (χ0v) is 10.1. The Kier molecular flexibility index (Phi) is 2.93. The summed E-state index contributed by atoms with van der Waals surface area (Å²) >= 11 is 7.76. The van der Waals surface area contributed by atoms with Crippen molar-refractivity contribution >= 4 is 28.1 Å². The van der Waals surface area contributed by atoms with Crippen molar-refractivity contribution in [1.29, 1.82) is 0 Å². The first-order valence-corrected chi connectivity index (χ1v) is 5.82. The molecule has 1 aromatic carbocycles. The third-order valence-electron chi connectivity index (χ3n) is 2.13. The minimum absolute atomic E-state index is 0.770. The number of benzene rings is 1. The lowest BCUT2D eigenvalue weighted by atomic mass is 10.2. The maximum absolute atomic E-state index is 6.14. The highest BCUT2D eigenvalue weighted by Gasteiger charge is 2.10. The predicted octanol–water partition coefficient (Wildman–Crippen LogP) is 3.81. The Bertz CT molecular complexity index is 479. The van der Waals surface area contributed by atoms with E-state index in [9.17, 15) is 0 Å². The van der Waals surface area contributed by atoms with Crippen molar-refractivity contribution in [3.63, 3.8) is 0 Å². The lowest BCUT2D eigenvalue weighted by molar-refractivity contribution is 1.25. The van der Waals surface area contributed by atoms with Gasteiger partial charge in [0.15, 0.2) is 5.13 Å². The summed E-state index contributed by atoms with van der Waals surface area (Å²) in [7, 11) is 1.87. The van der Waals surface area contributed by atoms with E-state index in [1.54, 1.807) is 11.3 Å². The van der Waals surface area contributed by atoms with Crippen molar-refractivity contribution in [1.82, 2.24) is 4.98 Å². The Balaban J connectivity index is 2.54. The highest BCUT2D eigenvalue weighted by molar-refractivity contribution is 7.19. The molecule has 4 heteroatoms. The number of rotatable bonds is 2. The van der Waals surface area contributed by atoms with E-state index in [0.717, 1.165) is 26.3 Å². The molecule has 2 nitrogen and oxygen atoms in total. The largest absolute Gasteiger partial charge is 0.365 e. The second kappa shape index (κ2) is 4.21. The number of hydrogen-bond donors (Lipinski definition) is 1. The first kappa shape index (κ1) is 10.5. The molecule has 15 heavy (non-hydrogen) atoms. The zero-order valence-electron chi connectivity index (χ0n) is 8.54. The number of halogens is 1. The summed E-state index contributed by atoms with van der Waals surface area (Å²) < 4.78 is 0. The van der Waals surface area contributed by atoms with E-state index in [4.69, 9.17) is 11.6 Å². The van der Waals surface area contributed by atoms with Crippen LogP contribution in [0.2, 0.25) is 5.02 Å². The van der Waals surface area contributed by atoms with Crippen LogP contribution in [0.5, 0.6) is 0 Å². The fourth-order valence-corrected chi connectivity index (χ4v) is 2.64. The fraction of sp³-hybridized carbons (Fsp3) is 0.182. The summed E-state index contributed by atoms with van der Waals surface area (Å²) in [5, 5.41) is 4.73. The van der Waals surface area contributed by atoms with Crippen LogP contribution < -0.4 is 5.32 Å². The van der Waals surface area contributed by atoms with Crippen LogP contribution in [0.25, 0.3) is 10.4 Å². The third-order valence-corrected chi connectivity index (χ3v) is 3.67. The van der Waals surface area contributed by atoms with Crippen LogP contribution in [0.3, 0.4) is 0 Å². The van der Waals surface area contributed by atoms with Crippen molar-refractivity contribution < 1.29 is 0 Å². The topological polar surface area (TPSA) is 24.9 Å². The third kappa shape index (κ3) is 1.98. The van der Waals surface area contributed by atoms with Gasteiger partial charge in [-0.25, -0.2) is 4.98 Å². The van der Waals surface area contributed by atoms with Gasteiger partial charge in [0.05, 0.1) is 10.6 Å². The van der Waals surface area contributed by atoms with Crippen LogP contribution in [0.15, 0.2) is 24.3 Å². The second-order valence-electron chi connectivity index (χ2n) is 3.16. The van der Waals surface area contributed by atoms with Gasteiger partial charge in [0.1, 0.15) is 0 Å². The molecule has 0 amide bonds. The molecule has 0 aliphatic heterocycles. The predicted molar refractivity (Wildman–Crippen MR) is 66.8 cm³/mol. The van der Waals surface area contributed by atoms with Crippen LogP contribution in [-0.4, -0.2) is 12.0 Å². The number of nitrogens with one attached hydrogen (secondary N) is 1. The van der Waals surface area contributed by atoms with E-state index < -0.39 is 0 Å². The highest BCUT2D eigenvalue weighted by atomic mass is 35.5. The number of nitrogens with zero attached hydrogens (tertiary/aromatic N) is 1. The molecular formula is C11H11ClN2S. The first-order valence-electron chi connectivity index (χ1n) is 4.62. The van der Waals surface area contributed by atoms with Crippen molar-refractivity contribution in [3.8, 4) is 10.4 Å². The van der Waals surface area contributed by atoms with Gasteiger partial charge in [-0.3, -0.25) is 0 Å². The van der Waals surface area contributed by atoms with E-state index in [1.165, 1.54) is 0 Å². The monoisotopic (exact) mass is 238 g/mol. The van der Waals surface area contributed by atoms with Crippen LogP contribution in [-0.2, 0) is 0 Å². The van der Waals surface area contributed by atoms with Gasteiger partial charge >= 0.3 is 0 Å². The van der Waals surface area contributed by atoms with Crippen LogP contribution in [0, 0.1) is 6.92 Å². The molecule has 78 valence electrons.